The fraction of sp³-hybridized carbons (Fsp3) is 0.333. The van der Waals surface area contributed by atoms with Crippen molar-refractivity contribution in [2.75, 3.05) is 30.6 Å². The van der Waals surface area contributed by atoms with Crippen LogP contribution in [0.5, 0.6) is 0 Å². The summed E-state index contributed by atoms with van der Waals surface area (Å²) in [5.74, 6) is 2.93. The minimum absolute atomic E-state index is 0.708. The number of thioether (sulfide) groups is 1. The molecule has 2 rings (SSSR count). The molecule has 0 radical (unpaired) electrons. The Morgan fingerprint density at radius 2 is 1.84 bits per heavy atom. The van der Waals surface area contributed by atoms with E-state index < -0.39 is 0 Å². The van der Waals surface area contributed by atoms with Gasteiger partial charge in [-0.1, -0.05) is 12.1 Å². The molecule has 1 N–H and O–H groups in total. The molecular formula is C15H20N2OS. The Labute approximate surface area is 119 Å². The van der Waals surface area contributed by atoms with E-state index in [2.05, 4.69) is 28.6 Å². The summed E-state index contributed by atoms with van der Waals surface area (Å²) in [6.45, 7) is 0.708. The number of rotatable bonds is 6. The van der Waals surface area contributed by atoms with E-state index in [0.717, 1.165) is 23.0 Å². The third kappa shape index (κ3) is 3.70. The third-order valence-corrected chi connectivity index (χ3v) is 3.42. The topological polar surface area (TPSA) is 28.4 Å². The van der Waals surface area contributed by atoms with Gasteiger partial charge in [0.05, 0.1) is 23.7 Å². The highest BCUT2D eigenvalue weighted by molar-refractivity contribution is 7.97. The summed E-state index contributed by atoms with van der Waals surface area (Å²) in [6.07, 6.45) is 2.08. The molecule has 0 saturated heterocycles. The highest BCUT2D eigenvalue weighted by atomic mass is 32.2. The predicted molar refractivity (Wildman–Crippen MR) is 84.0 cm³/mol. The van der Waals surface area contributed by atoms with E-state index in [1.807, 2.05) is 38.4 Å². The second-order valence-corrected chi connectivity index (χ2v) is 5.43. The smallest absolute Gasteiger partial charge is 0.123 e. The van der Waals surface area contributed by atoms with E-state index in [1.54, 1.807) is 11.8 Å². The Morgan fingerprint density at radius 3 is 2.58 bits per heavy atom. The van der Waals surface area contributed by atoms with Gasteiger partial charge in [0, 0.05) is 14.1 Å². The van der Waals surface area contributed by atoms with Crippen LogP contribution in [0.25, 0.3) is 0 Å². The lowest BCUT2D eigenvalue weighted by Gasteiger charge is -2.17. The van der Waals surface area contributed by atoms with Crippen molar-refractivity contribution in [2.45, 2.75) is 12.3 Å². The van der Waals surface area contributed by atoms with Gasteiger partial charge in [0.15, 0.2) is 0 Å². The van der Waals surface area contributed by atoms with Crippen LogP contribution >= 0.6 is 11.8 Å². The quantitative estimate of drug-likeness (QED) is 0.868. The molecule has 0 bridgehead atoms. The number of para-hydroxylation sites is 2. The Balaban J connectivity index is 2.01. The first kappa shape index (κ1) is 13.9. The van der Waals surface area contributed by atoms with Crippen LogP contribution in [-0.4, -0.2) is 20.4 Å². The molecule has 19 heavy (non-hydrogen) atoms. The van der Waals surface area contributed by atoms with E-state index in [0.29, 0.717) is 6.54 Å². The van der Waals surface area contributed by atoms with E-state index >= 15 is 0 Å². The molecule has 1 aromatic carbocycles. The van der Waals surface area contributed by atoms with E-state index in [4.69, 9.17) is 4.42 Å². The Morgan fingerprint density at radius 1 is 1.11 bits per heavy atom. The van der Waals surface area contributed by atoms with Gasteiger partial charge in [0.2, 0.25) is 0 Å². The molecule has 1 heterocycles. The molecular weight excluding hydrogens is 256 g/mol. The molecule has 1 aromatic heterocycles. The summed E-state index contributed by atoms with van der Waals surface area (Å²) in [7, 11) is 4.09. The SMILES string of the molecule is CSCc1ccc(CNc2ccccc2N(C)C)o1. The van der Waals surface area contributed by atoms with Gasteiger partial charge in [-0.3, -0.25) is 0 Å². The van der Waals surface area contributed by atoms with Gasteiger partial charge in [0.1, 0.15) is 11.5 Å². The van der Waals surface area contributed by atoms with Crippen LogP contribution in [0, 0.1) is 0 Å². The zero-order valence-electron chi connectivity index (χ0n) is 11.6. The molecule has 3 nitrogen and oxygen atoms in total. The third-order valence-electron chi connectivity index (χ3n) is 2.84. The number of benzene rings is 1. The zero-order valence-corrected chi connectivity index (χ0v) is 12.5. The van der Waals surface area contributed by atoms with Crippen molar-refractivity contribution in [1.29, 1.82) is 0 Å². The van der Waals surface area contributed by atoms with E-state index in [-0.39, 0.29) is 0 Å². The summed E-state index contributed by atoms with van der Waals surface area (Å²) in [5, 5.41) is 3.42. The van der Waals surface area contributed by atoms with Crippen molar-refractivity contribution in [2.24, 2.45) is 0 Å². The lowest BCUT2D eigenvalue weighted by molar-refractivity contribution is 0.487. The highest BCUT2D eigenvalue weighted by Gasteiger charge is 2.05. The lowest BCUT2D eigenvalue weighted by Crippen LogP contribution is -2.11. The first-order valence-corrected chi connectivity index (χ1v) is 7.67. The van der Waals surface area contributed by atoms with Crippen LogP contribution in [0.3, 0.4) is 0 Å². The summed E-state index contributed by atoms with van der Waals surface area (Å²) in [5.41, 5.74) is 2.30. The number of nitrogens with one attached hydrogen (secondary N) is 1. The van der Waals surface area contributed by atoms with Gasteiger partial charge in [0.25, 0.3) is 0 Å². The van der Waals surface area contributed by atoms with Crippen molar-refractivity contribution >= 4 is 23.1 Å². The maximum Gasteiger partial charge on any atom is 0.123 e. The van der Waals surface area contributed by atoms with Gasteiger partial charge in [-0.2, -0.15) is 11.8 Å². The molecule has 0 atom stereocenters. The minimum atomic E-state index is 0.708. The maximum absolute atomic E-state index is 5.75. The number of nitrogens with zero attached hydrogens (tertiary/aromatic N) is 1. The van der Waals surface area contributed by atoms with Crippen LogP contribution in [0.15, 0.2) is 40.8 Å². The molecule has 0 aliphatic rings. The normalized spacial score (nSPS) is 10.5. The van der Waals surface area contributed by atoms with Crippen LogP contribution < -0.4 is 10.2 Å². The van der Waals surface area contributed by atoms with Crippen LogP contribution in [0.1, 0.15) is 11.5 Å². The standard InChI is InChI=1S/C15H20N2OS/c1-17(2)15-7-5-4-6-14(15)16-10-12-8-9-13(18-12)11-19-3/h4-9,16H,10-11H2,1-3H3. The molecule has 0 unspecified atom stereocenters. The summed E-state index contributed by atoms with van der Waals surface area (Å²) < 4.78 is 5.75. The number of furan rings is 1. The number of hydrogen-bond donors (Lipinski definition) is 1. The monoisotopic (exact) mass is 276 g/mol. The fourth-order valence-electron chi connectivity index (χ4n) is 1.93. The predicted octanol–water partition coefficient (Wildman–Crippen LogP) is 3.82. The largest absolute Gasteiger partial charge is 0.463 e. The number of hydrogen-bond acceptors (Lipinski definition) is 4. The summed E-state index contributed by atoms with van der Waals surface area (Å²) in [4.78, 5) is 2.10. The first-order valence-electron chi connectivity index (χ1n) is 6.27. The highest BCUT2D eigenvalue weighted by Crippen LogP contribution is 2.24. The lowest BCUT2D eigenvalue weighted by atomic mass is 10.2. The van der Waals surface area contributed by atoms with Crippen molar-refractivity contribution in [3.63, 3.8) is 0 Å². The van der Waals surface area contributed by atoms with Crippen molar-refractivity contribution in [3.05, 3.63) is 47.9 Å². The molecule has 0 fully saturated rings. The van der Waals surface area contributed by atoms with E-state index in [1.165, 1.54) is 5.69 Å². The van der Waals surface area contributed by atoms with E-state index in [9.17, 15) is 0 Å². The second-order valence-electron chi connectivity index (χ2n) is 4.57. The Hall–Kier alpha value is -1.55. The van der Waals surface area contributed by atoms with Crippen LogP contribution in [0.2, 0.25) is 0 Å². The van der Waals surface area contributed by atoms with Gasteiger partial charge < -0.3 is 14.6 Å². The second kappa shape index (κ2) is 6.57. The van der Waals surface area contributed by atoms with Gasteiger partial charge in [-0.05, 0) is 30.5 Å². The number of anilines is 2. The molecule has 0 aliphatic carbocycles. The van der Waals surface area contributed by atoms with Gasteiger partial charge in [-0.25, -0.2) is 0 Å². The average molecular weight is 276 g/mol. The van der Waals surface area contributed by atoms with Crippen LogP contribution in [-0.2, 0) is 12.3 Å². The molecule has 102 valence electrons. The molecule has 0 aliphatic heterocycles. The maximum atomic E-state index is 5.75. The van der Waals surface area contributed by atoms with Crippen molar-refractivity contribution < 1.29 is 4.42 Å². The zero-order chi connectivity index (χ0) is 13.7. The molecule has 2 aromatic rings. The molecule has 0 saturated carbocycles. The Kier molecular flexibility index (Phi) is 4.80. The molecule has 4 heteroatoms. The summed E-state index contributed by atoms with van der Waals surface area (Å²) in [6, 6.07) is 12.4. The van der Waals surface area contributed by atoms with Gasteiger partial charge in [-0.15, -0.1) is 0 Å². The molecule has 0 spiro atoms. The van der Waals surface area contributed by atoms with Crippen molar-refractivity contribution in [1.82, 2.24) is 0 Å². The average Bonchev–Trinajstić information content (AvgIpc) is 2.85. The first-order chi connectivity index (χ1) is 9.20. The van der Waals surface area contributed by atoms with Crippen LogP contribution in [0.4, 0.5) is 11.4 Å². The van der Waals surface area contributed by atoms with Gasteiger partial charge >= 0.3 is 0 Å². The summed E-state index contributed by atoms with van der Waals surface area (Å²) >= 11 is 1.77. The Bertz CT molecular complexity index is 522. The molecule has 0 amide bonds. The fourth-order valence-corrected chi connectivity index (χ4v) is 2.37. The minimum Gasteiger partial charge on any atom is -0.463 e. The van der Waals surface area contributed by atoms with Crippen molar-refractivity contribution in [3.8, 4) is 0 Å².